The number of nitrogens with one attached hydrogen (secondary N) is 1. The first-order valence-electron chi connectivity index (χ1n) is 5.00. The van der Waals surface area contributed by atoms with Gasteiger partial charge < -0.3 is 10.4 Å². The van der Waals surface area contributed by atoms with Crippen molar-refractivity contribution in [1.29, 1.82) is 0 Å². The maximum absolute atomic E-state index is 12.0. The molecule has 1 atom stereocenters. The summed E-state index contributed by atoms with van der Waals surface area (Å²) in [4.78, 5) is 21.3. The molecule has 19 heavy (non-hydrogen) atoms. The summed E-state index contributed by atoms with van der Waals surface area (Å²) in [6, 6.07) is 4.81. The highest BCUT2D eigenvalue weighted by Gasteiger charge is 2.38. The lowest BCUT2D eigenvalue weighted by Gasteiger charge is -2.14. The molecule has 1 unspecified atom stereocenters. The first-order chi connectivity index (χ1) is 8.73. The van der Waals surface area contributed by atoms with Crippen LogP contribution in [0.25, 0.3) is 0 Å². The minimum Gasteiger partial charge on any atom is -0.382 e. The maximum Gasteiger partial charge on any atom is 0.416 e. The number of alkyl halides is 3. The molecule has 1 rings (SSSR count). The second-order valence-electron chi connectivity index (χ2n) is 3.54. The molecule has 1 aromatic carbocycles. The fraction of sp³-hybridized carbons (Fsp3) is 0.300. The Morgan fingerprint density at radius 1 is 1.42 bits per heavy atom. The first-order valence-corrected chi connectivity index (χ1v) is 5.00. The van der Waals surface area contributed by atoms with Gasteiger partial charge in [0.1, 0.15) is 5.56 Å². The molecule has 0 aliphatic carbocycles. The molecule has 1 aromatic rings. The lowest BCUT2D eigenvalue weighted by Crippen LogP contribution is -2.40. The Morgan fingerprint density at radius 3 is 2.53 bits per heavy atom. The largest absolute Gasteiger partial charge is 0.416 e. The third kappa shape index (κ3) is 3.91. The van der Waals surface area contributed by atoms with Crippen LogP contribution < -0.4 is 5.32 Å². The molecule has 0 bridgehead atoms. The Bertz CT molecular complexity index is 490. The zero-order valence-corrected chi connectivity index (χ0v) is 9.35. The maximum atomic E-state index is 12.0. The number of nitrogens with zero attached hydrogens (tertiary/aromatic N) is 1. The molecule has 1 amide bonds. The van der Waals surface area contributed by atoms with Crippen LogP contribution in [-0.2, 0) is 0 Å². The number of aliphatic hydroxyl groups is 1. The van der Waals surface area contributed by atoms with Crippen LogP contribution in [-0.4, -0.2) is 34.8 Å². The summed E-state index contributed by atoms with van der Waals surface area (Å²) in [6.07, 6.45) is -7.59. The fourth-order valence-electron chi connectivity index (χ4n) is 1.23. The van der Waals surface area contributed by atoms with E-state index < -0.39 is 35.3 Å². The van der Waals surface area contributed by atoms with Gasteiger partial charge in [0.05, 0.1) is 11.5 Å². The summed E-state index contributed by atoms with van der Waals surface area (Å²) in [7, 11) is 0. The van der Waals surface area contributed by atoms with Crippen LogP contribution in [0.2, 0.25) is 0 Å². The van der Waals surface area contributed by atoms with Crippen LogP contribution >= 0.6 is 0 Å². The number of hydrogen-bond donors (Lipinski definition) is 2. The lowest BCUT2D eigenvalue weighted by atomic mass is 10.1. The quantitative estimate of drug-likeness (QED) is 0.640. The second kappa shape index (κ2) is 5.65. The Morgan fingerprint density at radius 2 is 2.00 bits per heavy atom. The minimum absolute atomic E-state index is 0.373. The van der Waals surface area contributed by atoms with E-state index >= 15 is 0 Å². The van der Waals surface area contributed by atoms with E-state index in [-0.39, 0.29) is 5.56 Å². The third-order valence-corrected chi connectivity index (χ3v) is 2.18. The van der Waals surface area contributed by atoms with Crippen molar-refractivity contribution >= 4 is 11.6 Å². The van der Waals surface area contributed by atoms with Crippen LogP contribution in [0, 0.1) is 10.1 Å². The van der Waals surface area contributed by atoms with Crippen LogP contribution in [0.3, 0.4) is 0 Å². The average Bonchev–Trinajstić information content (AvgIpc) is 2.34. The van der Waals surface area contributed by atoms with Gasteiger partial charge in [-0.1, -0.05) is 12.1 Å². The van der Waals surface area contributed by atoms with Crippen molar-refractivity contribution in [3.05, 3.63) is 39.9 Å². The number of carbonyl (C=O) groups is 1. The number of nitro groups is 1. The van der Waals surface area contributed by atoms with Gasteiger partial charge in [-0.2, -0.15) is 13.2 Å². The number of para-hydroxylation sites is 1. The van der Waals surface area contributed by atoms with Crippen LogP contribution in [0.1, 0.15) is 10.4 Å². The third-order valence-electron chi connectivity index (χ3n) is 2.18. The number of aliphatic hydroxyl groups excluding tert-OH is 1. The standard InChI is InChI=1S/C10H9F3N2O4/c11-10(12,13)8(16)5-14-9(17)6-3-1-2-4-7(6)15(18)19/h1-4,8,16H,5H2,(H,14,17). The van der Waals surface area contributed by atoms with Crippen molar-refractivity contribution in [2.75, 3.05) is 6.54 Å². The highest BCUT2D eigenvalue weighted by molar-refractivity contribution is 5.98. The lowest BCUT2D eigenvalue weighted by molar-refractivity contribution is -0.385. The summed E-state index contributed by atoms with van der Waals surface area (Å²) in [5.41, 5.74) is -0.900. The molecule has 0 saturated carbocycles. The number of nitro benzene ring substituents is 1. The minimum atomic E-state index is -4.87. The molecule has 9 heteroatoms. The van der Waals surface area contributed by atoms with Gasteiger partial charge in [-0.15, -0.1) is 0 Å². The van der Waals surface area contributed by atoms with Crippen LogP contribution in [0.5, 0.6) is 0 Å². The van der Waals surface area contributed by atoms with Crippen LogP contribution in [0.4, 0.5) is 18.9 Å². The van der Waals surface area contributed by atoms with E-state index in [0.717, 1.165) is 12.1 Å². The van der Waals surface area contributed by atoms with Crippen molar-refractivity contribution in [3.8, 4) is 0 Å². The summed E-state index contributed by atoms with van der Waals surface area (Å²) in [6.45, 7) is -1.08. The molecule has 2 N–H and O–H groups in total. The van der Waals surface area contributed by atoms with Gasteiger partial charge in [0, 0.05) is 6.07 Å². The number of halogens is 3. The smallest absolute Gasteiger partial charge is 0.382 e. The van der Waals surface area contributed by atoms with E-state index in [4.69, 9.17) is 5.11 Å². The Balaban J connectivity index is 2.77. The molecule has 0 fully saturated rings. The Labute approximate surface area is 105 Å². The highest BCUT2D eigenvalue weighted by Crippen LogP contribution is 2.20. The number of benzene rings is 1. The summed E-state index contributed by atoms with van der Waals surface area (Å²) < 4.78 is 36.0. The molecular weight excluding hydrogens is 269 g/mol. The van der Waals surface area contributed by atoms with Crippen molar-refractivity contribution in [3.63, 3.8) is 0 Å². The van der Waals surface area contributed by atoms with E-state index in [1.165, 1.54) is 12.1 Å². The number of rotatable bonds is 4. The first kappa shape index (κ1) is 14.9. The zero-order valence-electron chi connectivity index (χ0n) is 9.35. The van der Waals surface area contributed by atoms with Crippen molar-refractivity contribution in [2.45, 2.75) is 12.3 Å². The van der Waals surface area contributed by atoms with Gasteiger partial charge in [0.2, 0.25) is 0 Å². The van der Waals surface area contributed by atoms with Gasteiger partial charge in [0.15, 0.2) is 6.10 Å². The molecule has 0 aromatic heterocycles. The van der Waals surface area contributed by atoms with Crippen molar-refractivity contribution in [1.82, 2.24) is 5.32 Å². The summed E-state index contributed by atoms with van der Waals surface area (Å²) >= 11 is 0. The van der Waals surface area contributed by atoms with Gasteiger partial charge in [-0.05, 0) is 6.07 Å². The predicted molar refractivity (Wildman–Crippen MR) is 57.5 cm³/mol. The molecule has 0 heterocycles. The van der Waals surface area contributed by atoms with Gasteiger partial charge in [0.25, 0.3) is 11.6 Å². The normalized spacial score (nSPS) is 12.8. The van der Waals surface area contributed by atoms with E-state index in [1.807, 2.05) is 0 Å². The van der Waals surface area contributed by atoms with E-state index in [2.05, 4.69) is 0 Å². The summed E-state index contributed by atoms with van der Waals surface area (Å²) in [5, 5.41) is 21.1. The molecule has 0 aliphatic rings. The van der Waals surface area contributed by atoms with Gasteiger partial charge in [-0.3, -0.25) is 14.9 Å². The molecule has 104 valence electrons. The van der Waals surface area contributed by atoms with Crippen molar-refractivity contribution in [2.24, 2.45) is 0 Å². The monoisotopic (exact) mass is 278 g/mol. The predicted octanol–water partition coefficient (Wildman–Crippen LogP) is 1.25. The molecular formula is C10H9F3N2O4. The van der Waals surface area contributed by atoms with E-state index in [0.29, 0.717) is 0 Å². The summed E-state index contributed by atoms with van der Waals surface area (Å²) in [5.74, 6) is -1.06. The van der Waals surface area contributed by atoms with E-state index in [1.54, 1.807) is 5.32 Å². The van der Waals surface area contributed by atoms with Gasteiger partial charge in [-0.25, -0.2) is 0 Å². The Kier molecular flexibility index (Phi) is 4.43. The molecule has 0 radical (unpaired) electrons. The second-order valence-corrected chi connectivity index (χ2v) is 3.54. The van der Waals surface area contributed by atoms with E-state index in [9.17, 15) is 28.1 Å². The molecule has 6 nitrogen and oxygen atoms in total. The molecule has 0 spiro atoms. The highest BCUT2D eigenvalue weighted by atomic mass is 19.4. The fourth-order valence-corrected chi connectivity index (χ4v) is 1.23. The number of carbonyl (C=O) groups excluding carboxylic acids is 1. The number of hydrogen-bond acceptors (Lipinski definition) is 4. The Hall–Kier alpha value is -2.16. The molecule has 0 saturated heterocycles. The zero-order chi connectivity index (χ0) is 14.6. The van der Waals surface area contributed by atoms with Crippen molar-refractivity contribution < 1.29 is 28.0 Å². The molecule has 0 aliphatic heterocycles. The van der Waals surface area contributed by atoms with Crippen LogP contribution in [0.15, 0.2) is 24.3 Å². The average molecular weight is 278 g/mol. The SMILES string of the molecule is O=C(NCC(O)C(F)(F)F)c1ccccc1[N+](=O)[O-]. The van der Waals surface area contributed by atoms with Gasteiger partial charge >= 0.3 is 6.18 Å². The topological polar surface area (TPSA) is 92.5 Å². The number of amides is 1.